The molecule has 0 aliphatic heterocycles. The van der Waals surface area contributed by atoms with Crippen LogP contribution in [-0.4, -0.2) is 34.6 Å². The van der Waals surface area contributed by atoms with Gasteiger partial charge in [-0.1, -0.05) is 6.92 Å². The lowest BCUT2D eigenvalue weighted by Crippen LogP contribution is -2.41. The largest absolute Gasteiger partial charge is 0.481 e. The van der Waals surface area contributed by atoms with Gasteiger partial charge < -0.3 is 10.8 Å². The number of carbonyl (C=O) groups is 2. The number of aliphatic carboxylic acids is 1. The number of carboxylic acids is 1. The fraction of sp³-hybridized carbons (Fsp3) is 0.750. The summed E-state index contributed by atoms with van der Waals surface area (Å²) in [5, 5.41) is 12.0. The van der Waals surface area contributed by atoms with E-state index < -0.39 is 17.9 Å². The molecule has 0 aliphatic carbocycles. The van der Waals surface area contributed by atoms with Crippen molar-refractivity contribution in [2.24, 2.45) is 11.0 Å². The van der Waals surface area contributed by atoms with E-state index in [9.17, 15) is 14.5 Å². The molecule has 7 heteroatoms. The average molecular weight is 217 g/mol. The van der Waals surface area contributed by atoms with E-state index in [-0.39, 0.29) is 19.4 Å². The zero-order valence-corrected chi connectivity index (χ0v) is 8.55. The number of carboxylic acid groups (broad SMARTS) is 1. The zero-order valence-electron chi connectivity index (χ0n) is 8.55. The van der Waals surface area contributed by atoms with Crippen LogP contribution in [-0.2, 0) is 9.59 Å². The van der Waals surface area contributed by atoms with Gasteiger partial charge in [-0.25, -0.2) is 5.01 Å². The van der Waals surface area contributed by atoms with Gasteiger partial charge in [-0.2, -0.15) is 0 Å². The number of hydrogen-bond donors (Lipinski definition) is 2. The first-order chi connectivity index (χ1) is 7.02. The first-order valence-corrected chi connectivity index (χ1v) is 4.64. The van der Waals surface area contributed by atoms with Crippen molar-refractivity contribution in [1.82, 2.24) is 5.01 Å². The lowest BCUT2D eigenvalue weighted by Gasteiger charge is -2.21. The summed E-state index contributed by atoms with van der Waals surface area (Å²) in [5.74, 6) is -1.58. The fourth-order valence-corrected chi connectivity index (χ4v) is 1.20. The van der Waals surface area contributed by atoms with Crippen molar-refractivity contribution in [2.45, 2.75) is 32.2 Å². The van der Waals surface area contributed by atoms with Gasteiger partial charge in [-0.05, 0) is 12.8 Å². The third-order valence-corrected chi connectivity index (χ3v) is 1.96. The second kappa shape index (κ2) is 6.74. The highest BCUT2D eigenvalue weighted by Crippen LogP contribution is 2.06. The summed E-state index contributed by atoms with van der Waals surface area (Å²) < 4.78 is 0. The van der Waals surface area contributed by atoms with Crippen LogP contribution in [0.1, 0.15) is 26.2 Å². The number of hydrogen-bond acceptors (Lipinski definition) is 4. The summed E-state index contributed by atoms with van der Waals surface area (Å²) >= 11 is 0. The number of nitrogens with zero attached hydrogens (tertiary/aromatic N) is 2. The number of rotatable bonds is 8. The Morgan fingerprint density at radius 1 is 1.53 bits per heavy atom. The van der Waals surface area contributed by atoms with Crippen molar-refractivity contribution < 1.29 is 14.7 Å². The maximum Gasteiger partial charge on any atom is 0.303 e. The first-order valence-electron chi connectivity index (χ1n) is 4.64. The highest BCUT2D eigenvalue weighted by molar-refractivity contribution is 5.79. The number of carbonyl (C=O) groups excluding carboxylic acids is 1. The molecule has 0 fully saturated rings. The Hall–Kier alpha value is -1.66. The minimum absolute atomic E-state index is 0.0682. The highest BCUT2D eigenvalue weighted by atomic mass is 16.4. The average Bonchev–Trinajstić information content (AvgIpc) is 2.15. The molecule has 0 heterocycles. The third kappa shape index (κ3) is 4.94. The summed E-state index contributed by atoms with van der Waals surface area (Å²) in [7, 11) is 0. The van der Waals surface area contributed by atoms with Gasteiger partial charge in [0.25, 0.3) is 0 Å². The minimum Gasteiger partial charge on any atom is -0.481 e. The molecule has 3 N–H and O–H groups in total. The molecule has 0 saturated heterocycles. The molecule has 86 valence electrons. The molecule has 0 spiro atoms. The van der Waals surface area contributed by atoms with Crippen LogP contribution in [0.3, 0.4) is 0 Å². The lowest BCUT2D eigenvalue weighted by molar-refractivity contribution is -0.137. The van der Waals surface area contributed by atoms with Gasteiger partial charge in [0.05, 0.1) is 5.29 Å². The van der Waals surface area contributed by atoms with Crippen LogP contribution in [0, 0.1) is 4.91 Å². The lowest BCUT2D eigenvalue weighted by atomic mass is 10.2. The second-order valence-electron chi connectivity index (χ2n) is 3.07. The van der Waals surface area contributed by atoms with E-state index in [1.807, 2.05) is 0 Å². The Kier molecular flexibility index (Phi) is 6.00. The van der Waals surface area contributed by atoms with E-state index in [0.29, 0.717) is 6.42 Å². The monoisotopic (exact) mass is 217 g/mol. The van der Waals surface area contributed by atoms with Crippen LogP contribution in [0.25, 0.3) is 0 Å². The summed E-state index contributed by atoms with van der Waals surface area (Å²) in [5.41, 5.74) is 5.06. The molecular weight excluding hydrogens is 202 g/mol. The van der Waals surface area contributed by atoms with Crippen molar-refractivity contribution in [1.29, 1.82) is 0 Å². The zero-order chi connectivity index (χ0) is 11.8. The fourth-order valence-electron chi connectivity index (χ4n) is 1.20. The third-order valence-electron chi connectivity index (χ3n) is 1.96. The van der Waals surface area contributed by atoms with Crippen LogP contribution in [0.4, 0.5) is 0 Å². The van der Waals surface area contributed by atoms with Gasteiger partial charge in [0, 0.05) is 13.0 Å². The van der Waals surface area contributed by atoms with E-state index in [2.05, 4.69) is 5.29 Å². The van der Waals surface area contributed by atoms with E-state index in [1.54, 1.807) is 6.92 Å². The smallest absolute Gasteiger partial charge is 0.303 e. The Labute approximate surface area is 87.2 Å². The van der Waals surface area contributed by atoms with Gasteiger partial charge in [0.2, 0.25) is 5.91 Å². The molecule has 1 unspecified atom stereocenters. The Morgan fingerprint density at radius 2 is 2.13 bits per heavy atom. The molecule has 1 atom stereocenters. The molecule has 1 amide bonds. The second-order valence-corrected chi connectivity index (χ2v) is 3.07. The molecular formula is C8H15N3O4. The standard InChI is InChI=1S/C8H15N3O4/c1-2-6(8(9)14)11(10-15)5-3-4-7(12)13/h6H,2-5H2,1H3,(H2,9,14)(H,12,13). The van der Waals surface area contributed by atoms with E-state index >= 15 is 0 Å². The quantitative estimate of drug-likeness (QED) is 0.442. The van der Waals surface area contributed by atoms with Crippen LogP contribution in [0.5, 0.6) is 0 Å². The molecule has 7 nitrogen and oxygen atoms in total. The summed E-state index contributed by atoms with van der Waals surface area (Å²) in [6.07, 6.45) is 0.556. The van der Waals surface area contributed by atoms with Gasteiger partial charge in [-0.3, -0.25) is 9.59 Å². The Balaban J connectivity index is 4.15. The maximum absolute atomic E-state index is 10.9. The predicted molar refractivity (Wildman–Crippen MR) is 52.6 cm³/mol. The maximum atomic E-state index is 10.9. The van der Waals surface area contributed by atoms with Crippen LogP contribution in [0.15, 0.2) is 5.29 Å². The van der Waals surface area contributed by atoms with E-state index in [4.69, 9.17) is 10.8 Å². The molecule has 0 aromatic carbocycles. The molecule has 0 rings (SSSR count). The number of primary amides is 1. The van der Waals surface area contributed by atoms with Crippen molar-refractivity contribution in [3.05, 3.63) is 4.91 Å². The van der Waals surface area contributed by atoms with Crippen molar-refractivity contribution >= 4 is 11.9 Å². The van der Waals surface area contributed by atoms with Crippen LogP contribution < -0.4 is 5.73 Å². The van der Waals surface area contributed by atoms with Crippen LogP contribution >= 0.6 is 0 Å². The number of nitroso groups, excluding NO2 is 1. The summed E-state index contributed by atoms with van der Waals surface area (Å²) in [6.45, 7) is 1.82. The molecule has 0 aromatic rings. The SMILES string of the molecule is CCC(C(N)=O)N(CCCC(=O)O)N=O. The molecule has 0 aromatic heterocycles. The number of nitrogens with two attached hydrogens (primary N) is 1. The van der Waals surface area contributed by atoms with Crippen molar-refractivity contribution in [2.75, 3.05) is 6.54 Å². The molecule has 0 saturated carbocycles. The Morgan fingerprint density at radius 3 is 2.47 bits per heavy atom. The van der Waals surface area contributed by atoms with Gasteiger partial charge in [0.15, 0.2) is 0 Å². The minimum atomic E-state index is -0.951. The molecule has 0 bridgehead atoms. The van der Waals surface area contributed by atoms with Gasteiger partial charge in [0.1, 0.15) is 6.04 Å². The molecule has 15 heavy (non-hydrogen) atoms. The van der Waals surface area contributed by atoms with E-state index in [0.717, 1.165) is 5.01 Å². The van der Waals surface area contributed by atoms with Crippen molar-refractivity contribution in [3.8, 4) is 0 Å². The number of amides is 1. The summed E-state index contributed by atoms with van der Waals surface area (Å²) in [6, 6.07) is -0.753. The Bertz CT molecular complexity index is 244. The topological polar surface area (TPSA) is 113 Å². The first kappa shape index (κ1) is 13.3. The normalized spacial score (nSPS) is 11.8. The van der Waals surface area contributed by atoms with Gasteiger partial charge >= 0.3 is 5.97 Å². The molecule has 0 radical (unpaired) electrons. The molecule has 0 aliphatic rings. The van der Waals surface area contributed by atoms with E-state index in [1.165, 1.54) is 0 Å². The van der Waals surface area contributed by atoms with Crippen LogP contribution in [0.2, 0.25) is 0 Å². The summed E-state index contributed by atoms with van der Waals surface area (Å²) in [4.78, 5) is 31.5. The highest BCUT2D eigenvalue weighted by Gasteiger charge is 2.21. The van der Waals surface area contributed by atoms with Gasteiger partial charge in [-0.15, -0.1) is 4.91 Å². The van der Waals surface area contributed by atoms with Crippen molar-refractivity contribution in [3.63, 3.8) is 0 Å². The predicted octanol–water partition coefficient (Wildman–Crippen LogP) is 0.0985.